The van der Waals surface area contributed by atoms with Gasteiger partial charge in [-0.05, 0) is 24.3 Å². The smallest absolute Gasteiger partial charge is 0.254 e. The second-order valence-electron chi connectivity index (χ2n) is 7.90. The molecule has 5 aromatic rings. The highest BCUT2D eigenvalue weighted by molar-refractivity contribution is 7.13. The minimum absolute atomic E-state index is 0.104. The molecule has 0 aliphatic rings. The SMILES string of the molecule is CN(C)C(=O)c1ccc(-c2cc(-c3cnc4c(c3)c(-c3cncs3)cn4C)cnc2N)nc1. The van der Waals surface area contributed by atoms with Crippen LogP contribution in [-0.2, 0) is 7.05 Å². The molecule has 0 aliphatic carbocycles. The number of hydrogen-bond donors (Lipinski definition) is 1. The summed E-state index contributed by atoms with van der Waals surface area (Å²) >= 11 is 1.60. The number of carbonyl (C=O) groups is 1. The summed E-state index contributed by atoms with van der Waals surface area (Å²) in [6, 6.07) is 7.60. The summed E-state index contributed by atoms with van der Waals surface area (Å²) in [6.07, 6.45) is 9.07. The largest absolute Gasteiger partial charge is 0.383 e. The third-order valence-corrected chi connectivity index (χ3v) is 6.26. The molecule has 0 bridgehead atoms. The third kappa shape index (κ3) is 3.72. The number of aromatic nitrogens is 5. The molecule has 0 saturated carbocycles. The molecule has 2 N–H and O–H groups in total. The van der Waals surface area contributed by atoms with E-state index in [1.807, 2.05) is 35.6 Å². The maximum absolute atomic E-state index is 12.2. The first-order valence-corrected chi connectivity index (χ1v) is 11.1. The maximum Gasteiger partial charge on any atom is 0.254 e. The lowest BCUT2D eigenvalue weighted by atomic mass is 10.0. The Morgan fingerprint density at radius 1 is 1.00 bits per heavy atom. The number of amides is 1. The molecule has 164 valence electrons. The van der Waals surface area contributed by atoms with Gasteiger partial charge in [-0.25, -0.2) is 9.97 Å². The zero-order valence-corrected chi connectivity index (χ0v) is 19.2. The summed E-state index contributed by atoms with van der Waals surface area (Å²) in [7, 11) is 5.40. The van der Waals surface area contributed by atoms with E-state index in [1.165, 1.54) is 4.90 Å². The summed E-state index contributed by atoms with van der Waals surface area (Å²) in [5, 5.41) is 1.04. The Labute approximate surface area is 194 Å². The molecule has 0 fully saturated rings. The van der Waals surface area contributed by atoms with Crippen molar-refractivity contribution in [3.8, 4) is 32.8 Å². The number of carbonyl (C=O) groups excluding carboxylic acids is 1. The van der Waals surface area contributed by atoms with Gasteiger partial charge in [-0.3, -0.25) is 14.8 Å². The molecule has 0 radical (unpaired) electrons. The topological polar surface area (TPSA) is 103 Å². The molecule has 33 heavy (non-hydrogen) atoms. The zero-order valence-electron chi connectivity index (χ0n) is 18.4. The lowest BCUT2D eigenvalue weighted by Crippen LogP contribution is -2.21. The Hall–Kier alpha value is -4.11. The number of nitrogen functional groups attached to an aromatic ring is 1. The van der Waals surface area contributed by atoms with Crippen molar-refractivity contribution >= 4 is 34.1 Å². The van der Waals surface area contributed by atoms with E-state index in [0.717, 1.165) is 32.6 Å². The van der Waals surface area contributed by atoms with Crippen molar-refractivity contribution in [1.82, 2.24) is 29.4 Å². The molecule has 0 aliphatic heterocycles. The average Bonchev–Trinajstić information content (AvgIpc) is 3.47. The van der Waals surface area contributed by atoms with Crippen LogP contribution in [-0.4, -0.2) is 49.4 Å². The van der Waals surface area contributed by atoms with Gasteiger partial charge in [0.1, 0.15) is 11.5 Å². The zero-order chi connectivity index (χ0) is 23.1. The number of nitrogens with zero attached hydrogens (tertiary/aromatic N) is 6. The normalized spacial score (nSPS) is 11.1. The van der Waals surface area contributed by atoms with Crippen LogP contribution in [0.25, 0.3) is 43.9 Å². The van der Waals surface area contributed by atoms with Crippen molar-refractivity contribution in [1.29, 1.82) is 0 Å². The number of pyridine rings is 3. The van der Waals surface area contributed by atoms with Crippen LogP contribution in [0.3, 0.4) is 0 Å². The monoisotopic (exact) mass is 455 g/mol. The molecular formula is C24H21N7OS. The first-order chi connectivity index (χ1) is 15.9. The van der Waals surface area contributed by atoms with Crippen LogP contribution in [0.15, 0.2) is 60.8 Å². The predicted molar refractivity (Wildman–Crippen MR) is 131 cm³/mol. The number of thiazole rings is 1. The number of nitrogens with two attached hydrogens (primary N) is 1. The molecular weight excluding hydrogens is 434 g/mol. The van der Waals surface area contributed by atoms with Crippen molar-refractivity contribution in [2.24, 2.45) is 7.05 Å². The summed E-state index contributed by atoms with van der Waals surface area (Å²) in [5.74, 6) is 0.268. The quantitative estimate of drug-likeness (QED) is 0.438. The summed E-state index contributed by atoms with van der Waals surface area (Å²) in [6.45, 7) is 0. The lowest BCUT2D eigenvalue weighted by molar-refractivity contribution is 0.0827. The van der Waals surface area contributed by atoms with Crippen LogP contribution in [0.1, 0.15) is 10.4 Å². The minimum Gasteiger partial charge on any atom is -0.383 e. The van der Waals surface area contributed by atoms with Gasteiger partial charge in [0, 0.05) is 79.8 Å². The third-order valence-electron chi connectivity index (χ3n) is 5.46. The minimum atomic E-state index is -0.104. The summed E-state index contributed by atoms with van der Waals surface area (Å²) in [4.78, 5) is 32.5. The molecule has 5 rings (SSSR count). The molecule has 0 aromatic carbocycles. The Morgan fingerprint density at radius 3 is 2.48 bits per heavy atom. The van der Waals surface area contributed by atoms with Crippen molar-refractivity contribution in [2.45, 2.75) is 0 Å². The number of fused-ring (bicyclic) bond motifs is 1. The van der Waals surface area contributed by atoms with Gasteiger partial charge in [0.25, 0.3) is 5.91 Å². The van der Waals surface area contributed by atoms with Crippen molar-refractivity contribution in [3.63, 3.8) is 0 Å². The molecule has 5 heterocycles. The van der Waals surface area contributed by atoms with E-state index in [4.69, 9.17) is 10.7 Å². The van der Waals surface area contributed by atoms with Gasteiger partial charge >= 0.3 is 0 Å². The van der Waals surface area contributed by atoms with Crippen LogP contribution in [0.5, 0.6) is 0 Å². The molecule has 1 amide bonds. The van der Waals surface area contributed by atoms with Gasteiger partial charge in [0.15, 0.2) is 0 Å². The number of aryl methyl sites for hydroxylation is 1. The van der Waals surface area contributed by atoms with Crippen molar-refractivity contribution in [2.75, 3.05) is 19.8 Å². The van der Waals surface area contributed by atoms with Crippen LogP contribution < -0.4 is 5.73 Å². The molecule has 0 spiro atoms. The standard InChI is InChI=1S/C24H21N7OS/c1-30(2)24(32)14-4-5-20(27-8-14)18-7-16(9-28-22(18)25)15-6-17-19(21-11-26-13-33-21)12-31(3)23(17)29-10-15/h4-13H,1-3H3,(H2,25,28). The fourth-order valence-corrected chi connectivity index (χ4v) is 4.39. The molecule has 8 nitrogen and oxygen atoms in total. The number of rotatable bonds is 4. The van der Waals surface area contributed by atoms with Gasteiger partial charge in [-0.2, -0.15) is 0 Å². The average molecular weight is 456 g/mol. The molecule has 5 aromatic heterocycles. The van der Waals surface area contributed by atoms with E-state index in [0.29, 0.717) is 22.6 Å². The van der Waals surface area contributed by atoms with Crippen LogP contribution in [0.2, 0.25) is 0 Å². The first kappa shape index (κ1) is 20.8. The molecule has 0 atom stereocenters. The van der Waals surface area contributed by atoms with Crippen LogP contribution >= 0.6 is 11.3 Å². The number of anilines is 1. The van der Waals surface area contributed by atoms with Gasteiger partial charge in [0.05, 0.1) is 21.6 Å². The molecule has 9 heteroatoms. The van der Waals surface area contributed by atoms with Gasteiger partial charge in [-0.15, -0.1) is 11.3 Å². The van der Waals surface area contributed by atoms with Crippen LogP contribution in [0, 0.1) is 0 Å². The lowest BCUT2D eigenvalue weighted by Gasteiger charge is -2.11. The van der Waals surface area contributed by atoms with E-state index in [9.17, 15) is 4.79 Å². The van der Waals surface area contributed by atoms with Crippen LogP contribution in [0.4, 0.5) is 5.82 Å². The Balaban J connectivity index is 1.57. The highest BCUT2D eigenvalue weighted by atomic mass is 32.1. The maximum atomic E-state index is 12.2. The fourth-order valence-electron chi connectivity index (χ4n) is 3.74. The fraction of sp³-hybridized carbons (Fsp3) is 0.125. The Kier molecular flexibility index (Phi) is 5.10. The van der Waals surface area contributed by atoms with Gasteiger partial charge < -0.3 is 15.2 Å². The van der Waals surface area contributed by atoms with Gasteiger partial charge in [-0.1, -0.05) is 0 Å². The highest BCUT2D eigenvalue weighted by Crippen LogP contribution is 2.35. The Morgan fingerprint density at radius 2 is 1.79 bits per heavy atom. The van der Waals surface area contributed by atoms with E-state index in [2.05, 4.69) is 27.2 Å². The van der Waals surface area contributed by atoms with E-state index in [-0.39, 0.29) is 5.91 Å². The van der Waals surface area contributed by atoms with E-state index < -0.39 is 0 Å². The predicted octanol–water partition coefficient (Wildman–Crippen LogP) is 4.10. The highest BCUT2D eigenvalue weighted by Gasteiger charge is 2.15. The van der Waals surface area contributed by atoms with Gasteiger partial charge in [0.2, 0.25) is 0 Å². The first-order valence-electron chi connectivity index (χ1n) is 10.2. The van der Waals surface area contributed by atoms with E-state index in [1.54, 1.807) is 50.0 Å². The summed E-state index contributed by atoms with van der Waals surface area (Å²) in [5.41, 5.74) is 13.7. The Bertz CT molecular complexity index is 1470. The van der Waals surface area contributed by atoms with Crippen molar-refractivity contribution < 1.29 is 4.79 Å². The van der Waals surface area contributed by atoms with E-state index >= 15 is 0 Å². The summed E-state index contributed by atoms with van der Waals surface area (Å²) < 4.78 is 2.02. The second kappa shape index (κ2) is 8.10. The molecule has 0 saturated heterocycles. The second-order valence-corrected chi connectivity index (χ2v) is 8.79. The molecule has 0 unspecified atom stereocenters. The van der Waals surface area contributed by atoms with Crippen molar-refractivity contribution in [3.05, 3.63) is 66.3 Å². The number of hydrogen-bond acceptors (Lipinski definition) is 7.